The Hall–Kier alpha value is -3.79. The third-order valence-electron chi connectivity index (χ3n) is 4.98. The van der Waals surface area contributed by atoms with E-state index in [0.717, 1.165) is 21.9 Å². The molecule has 144 valence electrons. The van der Waals surface area contributed by atoms with E-state index in [1.54, 1.807) is 32.4 Å². The molecule has 0 saturated carbocycles. The zero-order valence-electron chi connectivity index (χ0n) is 16.2. The van der Waals surface area contributed by atoms with Gasteiger partial charge >= 0.3 is 0 Å². The van der Waals surface area contributed by atoms with Crippen LogP contribution < -0.4 is 9.47 Å². The molecule has 0 saturated heterocycles. The van der Waals surface area contributed by atoms with Crippen molar-refractivity contribution in [3.05, 3.63) is 90.0 Å². The Labute approximate surface area is 169 Å². The summed E-state index contributed by atoms with van der Waals surface area (Å²) in [6, 6.07) is 23.6. The van der Waals surface area contributed by atoms with E-state index in [4.69, 9.17) is 9.47 Å². The summed E-state index contributed by atoms with van der Waals surface area (Å²) in [4.78, 5) is 13.5. The lowest BCUT2D eigenvalue weighted by atomic mass is 9.89. The van der Waals surface area contributed by atoms with Crippen LogP contribution >= 0.6 is 0 Å². The monoisotopic (exact) mass is 384 g/mol. The Kier molecular flexibility index (Phi) is 4.92. The molecule has 0 fully saturated rings. The highest BCUT2D eigenvalue weighted by Gasteiger charge is 2.20. The van der Waals surface area contributed by atoms with Crippen molar-refractivity contribution in [2.24, 2.45) is 0 Å². The van der Waals surface area contributed by atoms with Gasteiger partial charge in [-0.2, -0.15) is 0 Å². The number of carbonyl (C=O) groups excluding carboxylic acids is 1. The third kappa shape index (κ3) is 3.41. The van der Waals surface area contributed by atoms with E-state index in [0.29, 0.717) is 22.6 Å². The second-order valence-electron chi connectivity index (χ2n) is 6.65. The minimum Gasteiger partial charge on any atom is -0.508 e. The van der Waals surface area contributed by atoms with Crippen LogP contribution in [0, 0.1) is 0 Å². The molecule has 4 nitrogen and oxygen atoms in total. The fourth-order valence-corrected chi connectivity index (χ4v) is 3.52. The lowest BCUT2D eigenvalue weighted by Gasteiger charge is -2.16. The van der Waals surface area contributed by atoms with Crippen LogP contribution in [0.4, 0.5) is 0 Å². The number of rotatable bonds is 5. The Bertz CT molecular complexity index is 1190. The number of hydrogen-bond donors (Lipinski definition) is 1. The number of benzene rings is 4. The van der Waals surface area contributed by atoms with Gasteiger partial charge in [-0.05, 0) is 52.7 Å². The fourth-order valence-electron chi connectivity index (χ4n) is 3.52. The molecule has 4 aromatic rings. The van der Waals surface area contributed by atoms with Crippen molar-refractivity contribution in [2.45, 2.75) is 0 Å². The van der Waals surface area contributed by atoms with Gasteiger partial charge in [0.2, 0.25) is 0 Å². The van der Waals surface area contributed by atoms with Crippen molar-refractivity contribution >= 4 is 16.6 Å². The van der Waals surface area contributed by atoms with Crippen molar-refractivity contribution in [1.82, 2.24) is 0 Å². The molecule has 0 aliphatic rings. The number of hydrogen-bond acceptors (Lipinski definition) is 4. The minimum atomic E-state index is -0.116. The lowest BCUT2D eigenvalue weighted by Crippen LogP contribution is -2.05. The second kappa shape index (κ2) is 7.68. The van der Waals surface area contributed by atoms with Crippen LogP contribution in [0.5, 0.6) is 17.2 Å². The Balaban J connectivity index is 1.99. The van der Waals surface area contributed by atoms with Gasteiger partial charge in [0.25, 0.3) is 0 Å². The fraction of sp³-hybridized carbons (Fsp3) is 0.0800. The zero-order valence-corrected chi connectivity index (χ0v) is 16.2. The summed E-state index contributed by atoms with van der Waals surface area (Å²) in [5.41, 5.74) is 2.69. The van der Waals surface area contributed by atoms with Crippen molar-refractivity contribution in [3.8, 4) is 28.4 Å². The standard InChI is InChI=1S/C25H20O4/c1-28-19-12-14-21(23(15-19)29-2)22-13-9-16-5-3-4-6-20(16)24(22)25(27)17-7-10-18(26)11-8-17/h3-15,26H,1-2H3. The van der Waals surface area contributed by atoms with E-state index < -0.39 is 0 Å². The molecule has 1 N–H and O–H groups in total. The molecule has 4 heteroatoms. The van der Waals surface area contributed by atoms with Crippen molar-refractivity contribution < 1.29 is 19.4 Å². The number of ether oxygens (including phenoxy) is 2. The molecule has 0 amide bonds. The minimum absolute atomic E-state index is 0.116. The van der Waals surface area contributed by atoms with E-state index >= 15 is 0 Å². The van der Waals surface area contributed by atoms with Gasteiger partial charge in [-0.25, -0.2) is 0 Å². The average Bonchev–Trinajstić information content (AvgIpc) is 2.78. The van der Waals surface area contributed by atoms with Crippen molar-refractivity contribution in [3.63, 3.8) is 0 Å². The smallest absolute Gasteiger partial charge is 0.194 e. The Morgan fingerprint density at radius 2 is 1.52 bits per heavy atom. The molecular weight excluding hydrogens is 364 g/mol. The lowest BCUT2D eigenvalue weighted by molar-refractivity contribution is 0.104. The van der Waals surface area contributed by atoms with Gasteiger partial charge in [0.15, 0.2) is 5.78 Å². The van der Waals surface area contributed by atoms with Gasteiger partial charge in [0.1, 0.15) is 17.2 Å². The summed E-state index contributed by atoms with van der Waals surface area (Å²) in [7, 11) is 3.20. The maximum absolute atomic E-state index is 13.5. The number of methoxy groups -OCH3 is 2. The van der Waals surface area contributed by atoms with Gasteiger partial charge in [-0.3, -0.25) is 4.79 Å². The van der Waals surface area contributed by atoms with Crippen LogP contribution in [0.15, 0.2) is 78.9 Å². The van der Waals surface area contributed by atoms with E-state index in [2.05, 4.69) is 0 Å². The predicted molar refractivity (Wildman–Crippen MR) is 114 cm³/mol. The number of phenols is 1. The summed E-state index contributed by atoms with van der Waals surface area (Å²) in [6.07, 6.45) is 0. The van der Waals surface area contributed by atoms with E-state index in [-0.39, 0.29) is 11.5 Å². The highest BCUT2D eigenvalue weighted by atomic mass is 16.5. The van der Waals surface area contributed by atoms with Crippen LogP contribution in [0.3, 0.4) is 0 Å². The first-order valence-corrected chi connectivity index (χ1v) is 9.20. The van der Waals surface area contributed by atoms with Gasteiger partial charge in [-0.1, -0.05) is 36.4 Å². The maximum atomic E-state index is 13.5. The normalized spacial score (nSPS) is 10.7. The van der Waals surface area contributed by atoms with Gasteiger partial charge in [0, 0.05) is 22.8 Å². The quantitative estimate of drug-likeness (QED) is 0.464. The summed E-state index contributed by atoms with van der Waals surface area (Å²) >= 11 is 0. The van der Waals surface area contributed by atoms with Crippen LogP contribution in [-0.4, -0.2) is 25.1 Å². The molecule has 0 heterocycles. The van der Waals surface area contributed by atoms with E-state index in [1.807, 2.05) is 48.5 Å². The number of carbonyl (C=O) groups is 1. The van der Waals surface area contributed by atoms with E-state index in [1.165, 1.54) is 12.1 Å². The van der Waals surface area contributed by atoms with Crippen LogP contribution in [-0.2, 0) is 0 Å². The first-order valence-electron chi connectivity index (χ1n) is 9.20. The molecule has 0 atom stereocenters. The second-order valence-corrected chi connectivity index (χ2v) is 6.65. The maximum Gasteiger partial charge on any atom is 0.194 e. The first-order chi connectivity index (χ1) is 14.1. The van der Waals surface area contributed by atoms with Crippen molar-refractivity contribution in [1.29, 1.82) is 0 Å². The molecule has 0 unspecified atom stereocenters. The molecule has 29 heavy (non-hydrogen) atoms. The number of fused-ring (bicyclic) bond motifs is 1. The Morgan fingerprint density at radius 3 is 2.24 bits per heavy atom. The first kappa shape index (κ1) is 18.6. The molecule has 4 rings (SSSR count). The van der Waals surface area contributed by atoms with Crippen LogP contribution in [0.2, 0.25) is 0 Å². The molecule has 4 aromatic carbocycles. The predicted octanol–water partition coefficient (Wildman–Crippen LogP) is 5.46. The summed E-state index contributed by atoms with van der Waals surface area (Å²) < 4.78 is 10.9. The van der Waals surface area contributed by atoms with Gasteiger partial charge in [0.05, 0.1) is 14.2 Å². The average molecular weight is 384 g/mol. The number of ketones is 1. The molecule has 0 spiro atoms. The number of phenolic OH excluding ortho intramolecular Hbond substituents is 1. The third-order valence-corrected chi connectivity index (χ3v) is 4.98. The van der Waals surface area contributed by atoms with Gasteiger partial charge < -0.3 is 14.6 Å². The topological polar surface area (TPSA) is 55.8 Å². The van der Waals surface area contributed by atoms with E-state index in [9.17, 15) is 9.90 Å². The number of aromatic hydroxyl groups is 1. The molecular formula is C25H20O4. The zero-order chi connectivity index (χ0) is 20.4. The molecule has 0 bridgehead atoms. The Morgan fingerprint density at radius 1 is 0.793 bits per heavy atom. The molecule has 0 radical (unpaired) electrons. The summed E-state index contributed by atoms with van der Waals surface area (Å²) in [6.45, 7) is 0. The van der Waals surface area contributed by atoms with Gasteiger partial charge in [-0.15, -0.1) is 0 Å². The molecule has 0 aliphatic carbocycles. The van der Waals surface area contributed by atoms with Crippen LogP contribution in [0.25, 0.3) is 21.9 Å². The summed E-state index contributed by atoms with van der Waals surface area (Å²) in [5.74, 6) is 1.31. The molecule has 0 aliphatic heterocycles. The molecule has 0 aromatic heterocycles. The summed E-state index contributed by atoms with van der Waals surface area (Å²) in [5, 5.41) is 11.4. The highest BCUT2D eigenvalue weighted by Crippen LogP contribution is 2.38. The largest absolute Gasteiger partial charge is 0.508 e. The SMILES string of the molecule is COc1ccc(-c2ccc3ccccc3c2C(=O)c2ccc(O)cc2)c(OC)c1. The highest BCUT2D eigenvalue weighted by molar-refractivity contribution is 6.20. The van der Waals surface area contributed by atoms with Crippen LogP contribution in [0.1, 0.15) is 15.9 Å². The van der Waals surface area contributed by atoms with Crippen molar-refractivity contribution in [2.75, 3.05) is 14.2 Å².